The number of carbonyl (C=O) groups excluding carboxylic acids is 1. The van der Waals surface area contributed by atoms with E-state index in [-0.39, 0.29) is 12.5 Å². The van der Waals surface area contributed by atoms with Crippen LogP contribution in [0.25, 0.3) is 0 Å². The second kappa shape index (κ2) is 7.97. The summed E-state index contributed by atoms with van der Waals surface area (Å²) in [6.07, 6.45) is 1.62. The first-order chi connectivity index (χ1) is 10.7. The Morgan fingerprint density at radius 1 is 1.27 bits per heavy atom. The van der Waals surface area contributed by atoms with Crippen LogP contribution in [0.15, 0.2) is 42.6 Å². The third-order valence-corrected chi connectivity index (χ3v) is 2.83. The molecule has 116 valence electrons. The molecule has 0 N–H and O–H groups in total. The maximum absolute atomic E-state index is 11.5. The summed E-state index contributed by atoms with van der Waals surface area (Å²) in [4.78, 5) is 11.5. The Balaban J connectivity index is 2.08. The van der Waals surface area contributed by atoms with Gasteiger partial charge in [0, 0.05) is 5.10 Å². The standard InChI is InChI=1S/C16H19N2O4/c1-3-21-16(19)11-18-10-14(20-2)9-15(17-18)22-12-13-7-5-4-6-8-13/h4-10H,3,11-12H2,1-2H3/q+1. The van der Waals surface area contributed by atoms with E-state index in [2.05, 4.69) is 5.10 Å². The minimum Gasteiger partial charge on any atom is -0.491 e. The zero-order valence-corrected chi connectivity index (χ0v) is 12.7. The smallest absolute Gasteiger partial charge is 0.375 e. The van der Waals surface area contributed by atoms with E-state index in [9.17, 15) is 4.79 Å². The average molecular weight is 303 g/mol. The van der Waals surface area contributed by atoms with E-state index in [1.54, 1.807) is 26.3 Å². The van der Waals surface area contributed by atoms with Gasteiger partial charge in [0.25, 0.3) is 12.4 Å². The summed E-state index contributed by atoms with van der Waals surface area (Å²) >= 11 is 0. The molecular weight excluding hydrogens is 284 g/mol. The van der Waals surface area contributed by atoms with Crippen LogP contribution in [-0.4, -0.2) is 24.8 Å². The topological polar surface area (TPSA) is 61.5 Å². The number of hydrogen-bond acceptors (Lipinski definition) is 5. The molecular formula is C16H19N2O4+. The molecule has 0 amide bonds. The minimum absolute atomic E-state index is 0.00668. The van der Waals surface area contributed by atoms with Crippen LogP contribution in [0.1, 0.15) is 12.5 Å². The SMILES string of the molecule is CCOC(=O)C[n+]1cc(OC)cc(OCc2ccccc2)n1. The molecule has 2 rings (SSSR count). The van der Waals surface area contributed by atoms with Crippen molar-refractivity contribution in [1.29, 1.82) is 0 Å². The highest BCUT2D eigenvalue weighted by atomic mass is 16.5. The van der Waals surface area contributed by atoms with Crippen LogP contribution in [0.3, 0.4) is 0 Å². The van der Waals surface area contributed by atoms with Crippen molar-refractivity contribution in [3.8, 4) is 11.6 Å². The van der Waals surface area contributed by atoms with E-state index >= 15 is 0 Å². The number of carbonyl (C=O) groups is 1. The molecule has 0 aliphatic rings. The molecule has 0 spiro atoms. The van der Waals surface area contributed by atoms with Gasteiger partial charge < -0.3 is 14.2 Å². The van der Waals surface area contributed by atoms with Gasteiger partial charge in [-0.3, -0.25) is 0 Å². The number of esters is 1. The van der Waals surface area contributed by atoms with Crippen molar-refractivity contribution < 1.29 is 23.7 Å². The van der Waals surface area contributed by atoms with Crippen molar-refractivity contribution >= 4 is 5.97 Å². The summed E-state index contributed by atoms with van der Waals surface area (Å²) in [6, 6.07) is 11.4. The zero-order valence-electron chi connectivity index (χ0n) is 12.7. The van der Waals surface area contributed by atoms with Crippen molar-refractivity contribution in [3.05, 3.63) is 48.2 Å². The maximum Gasteiger partial charge on any atom is 0.375 e. The van der Waals surface area contributed by atoms with Crippen LogP contribution in [0.2, 0.25) is 0 Å². The van der Waals surface area contributed by atoms with Crippen LogP contribution in [0.5, 0.6) is 11.6 Å². The fourth-order valence-corrected chi connectivity index (χ4v) is 1.82. The fraction of sp³-hybridized carbons (Fsp3) is 0.312. The van der Waals surface area contributed by atoms with Crippen molar-refractivity contribution in [2.45, 2.75) is 20.1 Å². The van der Waals surface area contributed by atoms with Gasteiger partial charge in [0.15, 0.2) is 5.75 Å². The Kier molecular flexibility index (Phi) is 5.71. The fourth-order valence-electron chi connectivity index (χ4n) is 1.82. The lowest BCUT2D eigenvalue weighted by molar-refractivity contribution is -0.744. The van der Waals surface area contributed by atoms with Crippen molar-refractivity contribution in [3.63, 3.8) is 0 Å². The first-order valence-electron chi connectivity index (χ1n) is 6.99. The summed E-state index contributed by atoms with van der Waals surface area (Å²) < 4.78 is 17.2. The molecule has 0 bridgehead atoms. The molecule has 0 saturated heterocycles. The van der Waals surface area contributed by atoms with Gasteiger partial charge in [0.2, 0.25) is 6.20 Å². The second-order valence-corrected chi connectivity index (χ2v) is 4.50. The van der Waals surface area contributed by atoms with Crippen molar-refractivity contribution in [1.82, 2.24) is 5.10 Å². The molecule has 22 heavy (non-hydrogen) atoms. The van der Waals surface area contributed by atoms with Crippen LogP contribution in [0, 0.1) is 0 Å². The van der Waals surface area contributed by atoms with E-state index in [0.717, 1.165) is 5.56 Å². The van der Waals surface area contributed by atoms with Crippen LogP contribution >= 0.6 is 0 Å². The number of methoxy groups -OCH3 is 1. The summed E-state index contributed by atoms with van der Waals surface area (Å²) in [5, 5.41) is 4.23. The number of ether oxygens (including phenoxy) is 3. The third-order valence-electron chi connectivity index (χ3n) is 2.83. The number of aromatic nitrogens is 2. The number of benzene rings is 1. The molecule has 0 unspecified atom stereocenters. The predicted molar refractivity (Wildman–Crippen MR) is 78.4 cm³/mol. The zero-order chi connectivity index (χ0) is 15.8. The first kappa shape index (κ1) is 15.8. The highest BCUT2D eigenvalue weighted by Gasteiger charge is 2.16. The van der Waals surface area contributed by atoms with E-state index in [1.807, 2.05) is 30.3 Å². The molecule has 2 aromatic rings. The number of hydrogen-bond donors (Lipinski definition) is 0. The summed E-state index contributed by atoms with van der Waals surface area (Å²) in [7, 11) is 1.55. The van der Waals surface area contributed by atoms with Crippen LogP contribution < -0.4 is 14.2 Å². The Labute approximate surface area is 129 Å². The molecule has 0 aliphatic carbocycles. The van der Waals surface area contributed by atoms with E-state index in [0.29, 0.717) is 24.8 Å². The molecule has 1 aromatic carbocycles. The van der Waals surface area contributed by atoms with Gasteiger partial charge in [0.1, 0.15) is 6.61 Å². The summed E-state index contributed by atoms with van der Waals surface area (Å²) in [6.45, 7) is 2.49. The molecule has 0 saturated carbocycles. The normalized spacial score (nSPS) is 10.1. The first-order valence-corrected chi connectivity index (χ1v) is 6.99. The largest absolute Gasteiger partial charge is 0.491 e. The lowest BCUT2D eigenvalue weighted by Gasteiger charge is -2.05. The minimum atomic E-state index is -0.359. The highest BCUT2D eigenvalue weighted by molar-refractivity contribution is 5.67. The van der Waals surface area contributed by atoms with Gasteiger partial charge >= 0.3 is 5.97 Å². The van der Waals surface area contributed by atoms with Crippen molar-refractivity contribution in [2.24, 2.45) is 0 Å². The Morgan fingerprint density at radius 3 is 2.73 bits per heavy atom. The van der Waals surface area contributed by atoms with Crippen molar-refractivity contribution in [2.75, 3.05) is 13.7 Å². The van der Waals surface area contributed by atoms with E-state index in [1.165, 1.54) is 4.68 Å². The lowest BCUT2D eigenvalue weighted by atomic mass is 10.2. The molecule has 6 nitrogen and oxygen atoms in total. The van der Waals surface area contributed by atoms with Crippen LogP contribution in [0.4, 0.5) is 0 Å². The molecule has 0 fully saturated rings. The monoisotopic (exact) mass is 303 g/mol. The molecule has 0 aliphatic heterocycles. The molecule has 1 heterocycles. The quantitative estimate of drug-likeness (QED) is 0.573. The second-order valence-electron chi connectivity index (χ2n) is 4.50. The van der Waals surface area contributed by atoms with Gasteiger partial charge in [-0.25, -0.2) is 4.79 Å². The molecule has 0 atom stereocenters. The van der Waals surface area contributed by atoms with E-state index in [4.69, 9.17) is 14.2 Å². The molecule has 6 heteroatoms. The van der Waals surface area contributed by atoms with Gasteiger partial charge in [-0.1, -0.05) is 35.0 Å². The highest BCUT2D eigenvalue weighted by Crippen LogP contribution is 2.14. The Morgan fingerprint density at radius 2 is 2.05 bits per heavy atom. The molecule has 0 radical (unpaired) electrons. The van der Waals surface area contributed by atoms with Gasteiger partial charge in [-0.05, 0) is 12.5 Å². The average Bonchev–Trinajstić information content (AvgIpc) is 2.54. The Bertz CT molecular complexity index is 617. The van der Waals surface area contributed by atoms with E-state index < -0.39 is 0 Å². The maximum atomic E-state index is 11.5. The summed E-state index contributed by atoms with van der Waals surface area (Å²) in [5.74, 6) is 0.581. The lowest BCUT2D eigenvalue weighted by Crippen LogP contribution is -2.42. The van der Waals surface area contributed by atoms with Gasteiger partial charge in [-0.2, -0.15) is 0 Å². The third kappa shape index (κ3) is 4.73. The predicted octanol–water partition coefficient (Wildman–Crippen LogP) is 1.52. The van der Waals surface area contributed by atoms with Gasteiger partial charge in [-0.15, -0.1) is 0 Å². The molecule has 1 aromatic heterocycles. The van der Waals surface area contributed by atoms with Gasteiger partial charge in [0.05, 0.1) is 19.8 Å². The summed E-state index contributed by atoms with van der Waals surface area (Å²) in [5.41, 5.74) is 1.03. The Hall–Kier alpha value is -2.63. The van der Waals surface area contributed by atoms with Crippen LogP contribution in [-0.2, 0) is 22.7 Å². The number of nitrogens with zero attached hydrogens (tertiary/aromatic N) is 2. The number of rotatable bonds is 7.